The highest BCUT2D eigenvalue weighted by atomic mass is 35.5. The molecule has 1 aliphatic rings. The summed E-state index contributed by atoms with van der Waals surface area (Å²) in [5, 5.41) is 3.76. The second-order valence-electron chi connectivity index (χ2n) is 5.28. The average molecular weight is 281 g/mol. The van der Waals surface area contributed by atoms with Gasteiger partial charge in [-0.3, -0.25) is 4.79 Å². The number of rotatable bonds is 3. The van der Waals surface area contributed by atoms with Gasteiger partial charge in [-0.2, -0.15) is 0 Å². The van der Waals surface area contributed by atoms with E-state index in [9.17, 15) is 4.79 Å². The zero-order chi connectivity index (χ0) is 13.7. The molecule has 0 saturated heterocycles. The maximum absolute atomic E-state index is 12.0. The normalized spacial score (nSPS) is 23.7. The van der Waals surface area contributed by atoms with Crippen molar-refractivity contribution in [2.24, 2.45) is 5.73 Å². The lowest BCUT2D eigenvalue weighted by Crippen LogP contribution is -2.47. The fraction of sp³-hybridized carbons (Fsp3) is 0.533. The minimum atomic E-state index is 0.0460. The minimum absolute atomic E-state index is 0.0460. The van der Waals surface area contributed by atoms with Crippen LogP contribution in [0.2, 0.25) is 5.02 Å². The summed E-state index contributed by atoms with van der Waals surface area (Å²) >= 11 is 5.82. The molecule has 1 amide bonds. The van der Waals surface area contributed by atoms with E-state index in [1.54, 1.807) is 0 Å². The standard InChI is InChI=1S/C15H21ClN2O/c16-12-8-6-11(7-9-12)10-15(19)18-14-5-3-1-2-4-13(14)17/h6-9,13-14H,1-5,10,17H2,(H,18,19). The maximum atomic E-state index is 12.0. The number of carbonyl (C=O) groups excluding carboxylic acids is 1. The molecule has 0 bridgehead atoms. The van der Waals surface area contributed by atoms with E-state index >= 15 is 0 Å². The molecule has 0 aromatic heterocycles. The monoisotopic (exact) mass is 280 g/mol. The predicted molar refractivity (Wildman–Crippen MR) is 78.1 cm³/mol. The van der Waals surface area contributed by atoms with Crippen LogP contribution in [0, 0.1) is 0 Å². The van der Waals surface area contributed by atoms with Crippen molar-refractivity contribution in [1.82, 2.24) is 5.32 Å². The lowest BCUT2D eigenvalue weighted by Gasteiger charge is -2.22. The Hall–Kier alpha value is -1.06. The van der Waals surface area contributed by atoms with E-state index < -0.39 is 0 Å². The predicted octanol–water partition coefficient (Wildman–Crippen LogP) is 2.66. The third-order valence-electron chi connectivity index (χ3n) is 3.69. The number of hydrogen-bond donors (Lipinski definition) is 2. The topological polar surface area (TPSA) is 55.1 Å². The van der Waals surface area contributed by atoms with Crippen molar-refractivity contribution in [2.45, 2.75) is 50.6 Å². The van der Waals surface area contributed by atoms with Crippen molar-refractivity contribution in [3.05, 3.63) is 34.9 Å². The van der Waals surface area contributed by atoms with Gasteiger partial charge in [-0.25, -0.2) is 0 Å². The summed E-state index contributed by atoms with van der Waals surface area (Å²) in [4.78, 5) is 12.0. The van der Waals surface area contributed by atoms with Gasteiger partial charge in [0, 0.05) is 17.1 Å². The summed E-state index contributed by atoms with van der Waals surface area (Å²) in [5.41, 5.74) is 7.08. The van der Waals surface area contributed by atoms with Crippen molar-refractivity contribution in [1.29, 1.82) is 0 Å². The SMILES string of the molecule is NC1CCCCCC1NC(=O)Cc1ccc(Cl)cc1. The van der Waals surface area contributed by atoms with Crippen LogP contribution in [-0.4, -0.2) is 18.0 Å². The largest absolute Gasteiger partial charge is 0.352 e. The van der Waals surface area contributed by atoms with Gasteiger partial charge in [0.15, 0.2) is 0 Å². The number of amides is 1. The molecule has 19 heavy (non-hydrogen) atoms. The number of hydrogen-bond acceptors (Lipinski definition) is 2. The smallest absolute Gasteiger partial charge is 0.224 e. The fourth-order valence-corrected chi connectivity index (χ4v) is 2.69. The van der Waals surface area contributed by atoms with E-state index in [1.807, 2.05) is 24.3 Å². The molecule has 0 radical (unpaired) electrons. The van der Waals surface area contributed by atoms with Crippen LogP contribution in [0.25, 0.3) is 0 Å². The first kappa shape index (κ1) is 14.4. The summed E-state index contributed by atoms with van der Waals surface area (Å²) in [7, 11) is 0. The van der Waals surface area contributed by atoms with Crippen LogP contribution in [0.5, 0.6) is 0 Å². The minimum Gasteiger partial charge on any atom is -0.352 e. The van der Waals surface area contributed by atoms with Crippen LogP contribution < -0.4 is 11.1 Å². The molecule has 2 unspecified atom stereocenters. The first-order valence-corrected chi connectivity index (χ1v) is 7.32. The molecule has 1 fully saturated rings. The molecule has 1 aliphatic carbocycles. The summed E-state index contributed by atoms with van der Waals surface area (Å²) in [5.74, 6) is 0.0460. The highest BCUT2D eigenvalue weighted by Gasteiger charge is 2.21. The van der Waals surface area contributed by atoms with Gasteiger partial charge < -0.3 is 11.1 Å². The summed E-state index contributed by atoms with van der Waals surface area (Å²) in [6.45, 7) is 0. The molecule has 3 N–H and O–H groups in total. The number of halogens is 1. The van der Waals surface area contributed by atoms with Crippen LogP contribution in [0.1, 0.15) is 37.7 Å². The average Bonchev–Trinajstić information content (AvgIpc) is 2.58. The first-order chi connectivity index (χ1) is 9.15. The quantitative estimate of drug-likeness (QED) is 0.837. The lowest BCUT2D eigenvalue weighted by atomic mass is 10.0. The van der Waals surface area contributed by atoms with Crippen LogP contribution >= 0.6 is 11.6 Å². The molecular formula is C15H21ClN2O. The van der Waals surface area contributed by atoms with Crippen LogP contribution in [0.4, 0.5) is 0 Å². The van der Waals surface area contributed by atoms with Gasteiger partial charge in [0.1, 0.15) is 0 Å². The number of nitrogens with one attached hydrogen (secondary N) is 1. The number of benzene rings is 1. The van der Waals surface area contributed by atoms with Crippen molar-refractivity contribution in [3.63, 3.8) is 0 Å². The Morgan fingerprint density at radius 3 is 2.63 bits per heavy atom. The second kappa shape index (κ2) is 6.92. The highest BCUT2D eigenvalue weighted by molar-refractivity contribution is 6.30. The van der Waals surface area contributed by atoms with Crippen LogP contribution in [0.15, 0.2) is 24.3 Å². The van der Waals surface area contributed by atoms with E-state index in [-0.39, 0.29) is 18.0 Å². The molecule has 0 heterocycles. The van der Waals surface area contributed by atoms with Gasteiger partial charge in [-0.1, -0.05) is 43.0 Å². The maximum Gasteiger partial charge on any atom is 0.224 e. The van der Waals surface area contributed by atoms with Gasteiger partial charge in [0.25, 0.3) is 0 Å². The third-order valence-corrected chi connectivity index (χ3v) is 3.95. The lowest BCUT2D eigenvalue weighted by molar-refractivity contribution is -0.121. The van der Waals surface area contributed by atoms with Crippen LogP contribution in [-0.2, 0) is 11.2 Å². The number of nitrogens with two attached hydrogens (primary N) is 1. The molecular weight excluding hydrogens is 260 g/mol. The molecule has 0 spiro atoms. The van der Waals surface area contributed by atoms with Gasteiger partial charge in [-0.15, -0.1) is 0 Å². The van der Waals surface area contributed by atoms with E-state index in [0.29, 0.717) is 11.4 Å². The van der Waals surface area contributed by atoms with E-state index in [2.05, 4.69) is 5.32 Å². The molecule has 3 nitrogen and oxygen atoms in total. The molecule has 1 saturated carbocycles. The number of carbonyl (C=O) groups is 1. The Bertz CT molecular complexity index is 419. The fourth-order valence-electron chi connectivity index (χ4n) is 2.56. The van der Waals surface area contributed by atoms with Crippen LogP contribution in [0.3, 0.4) is 0 Å². The van der Waals surface area contributed by atoms with Gasteiger partial charge in [-0.05, 0) is 30.5 Å². The van der Waals surface area contributed by atoms with E-state index in [4.69, 9.17) is 17.3 Å². The van der Waals surface area contributed by atoms with Crippen molar-refractivity contribution < 1.29 is 4.79 Å². The van der Waals surface area contributed by atoms with Gasteiger partial charge in [0.05, 0.1) is 6.42 Å². The first-order valence-electron chi connectivity index (χ1n) is 6.94. The zero-order valence-electron chi connectivity index (χ0n) is 11.1. The molecule has 1 aromatic carbocycles. The summed E-state index contributed by atoms with van der Waals surface area (Å²) in [6.07, 6.45) is 5.93. The highest BCUT2D eigenvalue weighted by Crippen LogP contribution is 2.17. The van der Waals surface area contributed by atoms with E-state index in [0.717, 1.165) is 24.8 Å². The Labute approximate surface area is 119 Å². The molecule has 2 rings (SSSR count). The summed E-state index contributed by atoms with van der Waals surface area (Å²) in [6, 6.07) is 7.60. The second-order valence-corrected chi connectivity index (χ2v) is 5.72. The van der Waals surface area contributed by atoms with Crippen molar-refractivity contribution in [2.75, 3.05) is 0 Å². The summed E-state index contributed by atoms with van der Waals surface area (Å²) < 4.78 is 0. The Morgan fingerprint density at radius 2 is 1.89 bits per heavy atom. The van der Waals surface area contributed by atoms with Gasteiger partial charge in [0.2, 0.25) is 5.91 Å². The molecule has 4 heteroatoms. The Balaban J connectivity index is 1.87. The molecule has 104 valence electrons. The Kier molecular flexibility index (Phi) is 5.23. The molecule has 0 aliphatic heterocycles. The zero-order valence-corrected chi connectivity index (χ0v) is 11.8. The van der Waals surface area contributed by atoms with E-state index in [1.165, 1.54) is 12.8 Å². The van der Waals surface area contributed by atoms with Crippen molar-refractivity contribution >= 4 is 17.5 Å². The third kappa shape index (κ3) is 4.51. The Morgan fingerprint density at radius 1 is 1.21 bits per heavy atom. The van der Waals surface area contributed by atoms with Crippen molar-refractivity contribution in [3.8, 4) is 0 Å². The molecule has 1 aromatic rings. The van der Waals surface area contributed by atoms with Gasteiger partial charge >= 0.3 is 0 Å². The molecule has 2 atom stereocenters.